The Kier molecular flexibility index (Phi) is 6.10. The van der Waals surface area contributed by atoms with Crippen LogP contribution in [0.2, 0.25) is 0 Å². The van der Waals surface area contributed by atoms with Crippen LogP contribution in [0.25, 0.3) is 0 Å². The van der Waals surface area contributed by atoms with Crippen molar-refractivity contribution in [3.05, 3.63) is 43.0 Å². The van der Waals surface area contributed by atoms with Crippen LogP contribution in [0.5, 0.6) is 0 Å². The highest BCUT2D eigenvalue weighted by Gasteiger charge is 1.72. The lowest BCUT2D eigenvalue weighted by Gasteiger charge is -1.83. The molecule has 60 valence electrons. The largest absolute Gasteiger partial charge is 0.399 e. The SMILES string of the molecule is C=CCC.Nc1ccccc1. The molecular formula is C10H15N. The maximum Gasteiger partial charge on any atom is 0.0313 e. The van der Waals surface area contributed by atoms with Gasteiger partial charge in [-0.25, -0.2) is 0 Å². The first-order chi connectivity index (χ1) is 5.31. The normalized spacial score (nSPS) is 7.73. The maximum atomic E-state index is 5.36. The molecule has 0 radical (unpaired) electrons. The van der Waals surface area contributed by atoms with E-state index >= 15 is 0 Å². The van der Waals surface area contributed by atoms with E-state index in [2.05, 4.69) is 13.5 Å². The molecule has 0 saturated carbocycles. The second-order valence-corrected chi connectivity index (χ2v) is 2.11. The van der Waals surface area contributed by atoms with E-state index in [4.69, 9.17) is 5.73 Å². The predicted molar refractivity (Wildman–Crippen MR) is 51.3 cm³/mol. The van der Waals surface area contributed by atoms with Crippen molar-refractivity contribution in [1.29, 1.82) is 0 Å². The standard InChI is InChI=1S/C6H7N.C4H8/c7-6-4-2-1-3-5-6;1-3-4-2/h1-5H,7H2;3H,1,4H2,2H3. The van der Waals surface area contributed by atoms with Gasteiger partial charge in [0.25, 0.3) is 0 Å². The summed E-state index contributed by atoms with van der Waals surface area (Å²) in [6.45, 7) is 5.54. The molecule has 0 unspecified atom stereocenters. The zero-order chi connectivity index (χ0) is 8.53. The molecule has 0 aliphatic carbocycles. The van der Waals surface area contributed by atoms with Crippen LogP contribution in [-0.4, -0.2) is 0 Å². The molecular weight excluding hydrogens is 134 g/mol. The highest BCUT2D eigenvalue weighted by Crippen LogP contribution is 1.95. The second-order valence-electron chi connectivity index (χ2n) is 2.11. The van der Waals surface area contributed by atoms with Crippen LogP contribution in [-0.2, 0) is 0 Å². The van der Waals surface area contributed by atoms with Gasteiger partial charge in [-0.3, -0.25) is 0 Å². The van der Waals surface area contributed by atoms with E-state index in [9.17, 15) is 0 Å². The summed E-state index contributed by atoms with van der Waals surface area (Å²) in [5, 5.41) is 0. The van der Waals surface area contributed by atoms with Crippen LogP contribution in [0.4, 0.5) is 5.69 Å². The van der Waals surface area contributed by atoms with Gasteiger partial charge in [-0.2, -0.15) is 0 Å². The molecule has 0 heterocycles. The van der Waals surface area contributed by atoms with E-state index in [0.29, 0.717) is 0 Å². The topological polar surface area (TPSA) is 26.0 Å². The number of hydrogen-bond donors (Lipinski definition) is 1. The summed E-state index contributed by atoms with van der Waals surface area (Å²) >= 11 is 0. The van der Waals surface area contributed by atoms with E-state index in [0.717, 1.165) is 12.1 Å². The van der Waals surface area contributed by atoms with Crippen LogP contribution in [0.1, 0.15) is 13.3 Å². The Morgan fingerprint density at radius 1 is 1.36 bits per heavy atom. The molecule has 1 heteroatoms. The Bertz CT molecular complexity index is 179. The van der Waals surface area contributed by atoms with Crippen LogP contribution in [0, 0.1) is 0 Å². The number of hydrogen-bond acceptors (Lipinski definition) is 1. The summed E-state index contributed by atoms with van der Waals surface area (Å²) in [4.78, 5) is 0. The summed E-state index contributed by atoms with van der Waals surface area (Å²) in [6.07, 6.45) is 2.96. The predicted octanol–water partition coefficient (Wildman–Crippen LogP) is 2.85. The van der Waals surface area contributed by atoms with Crippen LogP contribution in [0.3, 0.4) is 0 Å². The number of anilines is 1. The Hall–Kier alpha value is -1.24. The molecule has 1 aromatic carbocycles. The van der Waals surface area contributed by atoms with Gasteiger partial charge in [0, 0.05) is 5.69 Å². The third-order valence-corrected chi connectivity index (χ3v) is 1.09. The molecule has 0 bridgehead atoms. The quantitative estimate of drug-likeness (QED) is 0.482. The van der Waals surface area contributed by atoms with Crippen LogP contribution < -0.4 is 5.73 Å². The number of allylic oxidation sites excluding steroid dienone is 1. The molecule has 1 nitrogen and oxygen atoms in total. The van der Waals surface area contributed by atoms with Gasteiger partial charge >= 0.3 is 0 Å². The second kappa shape index (κ2) is 6.87. The summed E-state index contributed by atoms with van der Waals surface area (Å²) in [5.41, 5.74) is 6.18. The van der Waals surface area contributed by atoms with Gasteiger partial charge < -0.3 is 5.73 Å². The van der Waals surface area contributed by atoms with Crippen molar-refractivity contribution >= 4 is 5.69 Å². The number of benzene rings is 1. The number of para-hydroxylation sites is 1. The fraction of sp³-hybridized carbons (Fsp3) is 0.200. The molecule has 0 aliphatic rings. The minimum absolute atomic E-state index is 0.822. The molecule has 1 aromatic rings. The minimum atomic E-state index is 0.822. The molecule has 0 atom stereocenters. The third-order valence-electron chi connectivity index (χ3n) is 1.09. The number of nitrogen functional groups attached to an aromatic ring is 1. The third kappa shape index (κ3) is 6.65. The first kappa shape index (κ1) is 9.76. The molecule has 11 heavy (non-hydrogen) atoms. The molecule has 0 spiro atoms. The number of rotatable bonds is 1. The monoisotopic (exact) mass is 149 g/mol. The highest BCUT2D eigenvalue weighted by molar-refractivity contribution is 5.35. The van der Waals surface area contributed by atoms with Crippen molar-refractivity contribution < 1.29 is 0 Å². The fourth-order valence-electron chi connectivity index (χ4n) is 0.453. The van der Waals surface area contributed by atoms with Crippen LogP contribution in [0.15, 0.2) is 43.0 Å². The van der Waals surface area contributed by atoms with Crippen molar-refractivity contribution in [2.75, 3.05) is 5.73 Å². The Balaban J connectivity index is 0.000000218. The first-order valence-corrected chi connectivity index (χ1v) is 3.72. The van der Waals surface area contributed by atoms with Gasteiger partial charge in [-0.05, 0) is 18.6 Å². The highest BCUT2D eigenvalue weighted by atomic mass is 14.5. The summed E-state index contributed by atoms with van der Waals surface area (Å²) in [7, 11) is 0. The van der Waals surface area contributed by atoms with Crippen molar-refractivity contribution in [3.63, 3.8) is 0 Å². The van der Waals surface area contributed by atoms with Crippen molar-refractivity contribution in [2.24, 2.45) is 0 Å². The van der Waals surface area contributed by atoms with E-state index in [-0.39, 0.29) is 0 Å². The minimum Gasteiger partial charge on any atom is -0.399 e. The Morgan fingerprint density at radius 3 is 2.00 bits per heavy atom. The lowest BCUT2D eigenvalue weighted by Crippen LogP contribution is -1.79. The summed E-state index contributed by atoms with van der Waals surface area (Å²) in [5.74, 6) is 0. The zero-order valence-electron chi connectivity index (χ0n) is 6.96. The smallest absolute Gasteiger partial charge is 0.0313 e. The Morgan fingerprint density at radius 2 is 1.82 bits per heavy atom. The number of nitrogens with two attached hydrogens (primary N) is 1. The van der Waals surface area contributed by atoms with Gasteiger partial charge in [0.05, 0.1) is 0 Å². The summed E-state index contributed by atoms with van der Waals surface area (Å²) in [6, 6.07) is 9.49. The molecule has 2 N–H and O–H groups in total. The molecule has 0 saturated heterocycles. The molecule has 1 rings (SSSR count). The summed E-state index contributed by atoms with van der Waals surface area (Å²) < 4.78 is 0. The zero-order valence-corrected chi connectivity index (χ0v) is 6.96. The van der Waals surface area contributed by atoms with E-state index in [1.165, 1.54) is 0 Å². The fourth-order valence-corrected chi connectivity index (χ4v) is 0.453. The average molecular weight is 149 g/mol. The first-order valence-electron chi connectivity index (χ1n) is 3.72. The Labute approximate surface area is 68.5 Å². The van der Waals surface area contributed by atoms with Gasteiger partial charge in [0.1, 0.15) is 0 Å². The van der Waals surface area contributed by atoms with Crippen LogP contribution >= 0.6 is 0 Å². The van der Waals surface area contributed by atoms with Crippen molar-refractivity contribution in [3.8, 4) is 0 Å². The van der Waals surface area contributed by atoms with Gasteiger partial charge in [0.2, 0.25) is 0 Å². The van der Waals surface area contributed by atoms with E-state index in [1.807, 2.05) is 36.4 Å². The average Bonchev–Trinajstić information content (AvgIpc) is 2.07. The van der Waals surface area contributed by atoms with Crippen molar-refractivity contribution in [1.82, 2.24) is 0 Å². The molecule has 0 aromatic heterocycles. The maximum absolute atomic E-state index is 5.36. The van der Waals surface area contributed by atoms with Gasteiger partial charge in [-0.1, -0.05) is 31.2 Å². The van der Waals surface area contributed by atoms with E-state index < -0.39 is 0 Å². The van der Waals surface area contributed by atoms with Crippen molar-refractivity contribution in [2.45, 2.75) is 13.3 Å². The van der Waals surface area contributed by atoms with E-state index in [1.54, 1.807) is 0 Å². The molecule has 0 fully saturated rings. The lowest BCUT2D eigenvalue weighted by atomic mass is 10.3. The molecule has 0 amide bonds. The van der Waals surface area contributed by atoms with Gasteiger partial charge in [-0.15, -0.1) is 6.58 Å². The molecule has 0 aliphatic heterocycles. The lowest BCUT2D eigenvalue weighted by molar-refractivity contribution is 1.23. The van der Waals surface area contributed by atoms with Gasteiger partial charge in [0.15, 0.2) is 0 Å².